The third kappa shape index (κ3) is 5.79. The van der Waals surface area contributed by atoms with Gasteiger partial charge in [0.05, 0.1) is 10.7 Å². The van der Waals surface area contributed by atoms with Gasteiger partial charge in [0, 0.05) is 29.3 Å². The Bertz CT molecular complexity index is 814. The number of rotatable bonds is 7. The summed E-state index contributed by atoms with van der Waals surface area (Å²) in [6.07, 6.45) is 0.685. The maximum absolute atomic E-state index is 12.4. The van der Waals surface area contributed by atoms with Gasteiger partial charge in [-0.2, -0.15) is 0 Å². The highest BCUT2D eigenvalue weighted by atomic mass is 32.1. The van der Waals surface area contributed by atoms with Crippen molar-refractivity contribution in [1.29, 1.82) is 0 Å². The van der Waals surface area contributed by atoms with Gasteiger partial charge in [-0.1, -0.05) is 20.8 Å². The summed E-state index contributed by atoms with van der Waals surface area (Å²) in [5.41, 5.74) is 3.09. The van der Waals surface area contributed by atoms with Crippen molar-refractivity contribution in [3.8, 4) is 5.75 Å². The van der Waals surface area contributed by atoms with Crippen LogP contribution in [-0.4, -0.2) is 35.1 Å². The summed E-state index contributed by atoms with van der Waals surface area (Å²) in [5, 5.41) is 14.7. The summed E-state index contributed by atoms with van der Waals surface area (Å²) in [5.74, 6) is -0.697. The van der Waals surface area contributed by atoms with E-state index in [4.69, 9.17) is 9.84 Å². The van der Waals surface area contributed by atoms with E-state index < -0.39 is 12.6 Å². The summed E-state index contributed by atoms with van der Waals surface area (Å²) < 4.78 is 5.29. The molecule has 1 amide bonds. The number of aromatic nitrogens is 1. The molecule has 0 fully saturated rings. The first kappa shape index (κ1) is 20.9. The minimum absolute atomic E-state index is 0.0253. The molecule has 1 aromatic heterocycles. The first-order valence-electron chi connectivity index (χ1n) is 8.77. The monoisotopic (exact) mass is 390 g/mol. The van der Waals surface area contributed by atoms with Crippen molar-refractivity contribution in [1.82, 2.24) is 10.3 Å². The molecule has 2 rings (SSSR count). The van der Waals surface area contributed by atoms with Crippen LogP contribution in [0.3, 0.4) is 0 Å². The molecule has 1 aromatic carbocycles. The van der Waals surface area contributed by atoms with E-state index in [1.54, 1.807) is 37.3 Å². The van der Waals surface area contributed by atoms with E-state index in [1.807, 2.05) is 0 Å². The summed E-state index contributed by atoms with van der Waals surface area (Å²) >= 11 is 1.61. The number of thiazole rings is 1. The number of carbonyl (C=O) groups excluding carboxylic acids is 1. The lowest BCUT2D eigenvalue weighted by atomic mass is 9.93. The number of hydrogen-bond acceptors (Lipinski definition) is 5. The Hall–Kier alpha value is -2.41. The Morgan fingerprint density at radius 1 is 1.22 bits per heavy atom. The van der Waals surface area contributed by atoms with Crippen LogP contribution in [0, 0.1) is 13.8 Å². The molecule has 0 aliphatic heterocycles. The van der Waals surface area contributed by atoms with Crippen LogP contribution in [-0.2, 0) is 16.6 Å². The van der Waals surface area contributed by atoms with Gasteiger partial charge in [-0.3, -0.25) is 4.79 Å². The first-order chi connectivity index (χ1) is 12.6. The van der Waals surface area contributed by atoms with Crippen LogP contribution in [0.15, 0.2) is 17.5 Å². The molecule has 27 heavy (non-hydrogen) atoms. The molecular formula is C20H26N2O4S. The maximum Gasteiger partial charge on any atom is 0.341 e. The fraction of sp³-hybridized carbons (Fsp3) is 0.450. The van der Waals surface area contributed by atoms with Gasteiger partial charge >= 0.3 is 5.97 Å². The van der Waals surface area contributed by atoms with Gasteiger partial charge in [0.1, 0.15) is 5.75 Å². The lowest BCUT2D eigenvalue weighted by molar-refractivity contribution is -0.139. The first-order valence-corrected chi connectivity index (χ1v) is 9.65. The molecule has 0 saturated heterocycles. The van der Waals surface area contributed by atoms with Crippen molar-refractivity contribution in [2.24, 2.45) is 0 Å². The number of nitrogens with zero attached hydrogens (tertiary/aromatic N) is 1. The number of amides is 1. The fourth-order valence-corrected chi connectivity index (χ4v) is 3.62. The van der Waals surface area contributed by atoms with Crippen molar-refractivity contribution < 1.29 is 19.4 Å². The Labute approximate surface area is 163 Å². The minimum Gasteiger partial charge on any atom is -0.481 e. The fourth-order valence-electron chi connectivity index (χ4n) is 2.60. The van der Waals surface area contributed by atoms with Crippen LogP contribution in [0.1, 0.15) is 53.0 Å². The topological polar surface area (TPSA) is 88.5 Å². The number of benzene rings is 1. The number of hydrogen-bond donors (Lipinski definition) is 2. The maximum atomic E-state index is 12.4. The molecule has 1 heterocycles. The lowest BCUT2D eigenvalue weighted by Gasteiger charge is -2.14. The van der Waals surface area contributed by atoms with E-state index in [0.29, 0.717) is 24.3 Å². The second-order valence-corrected chi connectivity index (χ2v) is 8.45. The third-order valence-corrected chi connectivity index (χ3v) is 4.92. The molecule has 0 atom stereocenters. The third-order valence-electron chi connectivity index (χ3n) is 4.01. The van der Waals surface area contributed by atoms with Crippen LogP contribution in [0.5, 0.6) is 5.75 Å². The molecule has 0 bridgehead atoms. The second-order valence-electron chi connectivity index (χ2n) is 7.50. The lowest BCUT2D eigenvalue weighted by Crippen LogP contribution is -2.26. The van der Waals surface area contributed by atoms with Crippen molar-refractivity contribution in [3.63, 3.8) is 0 Å². The van der Waals surface area contributed by atoms with Crippen molar-refractivity contribution in [2.75, 3.05) is 13.2 Å². The quantitative estimate of drug-likeness (QED) is 0.755. The molecule has 7 heteroatoms. The zero-order chi connectivity index (χ0) is 20.2. The standard InChI is InChI=1S/C20H26N2O4S/c1-12-8-14(9-13(2)18(12)26-10-17(23)24)19(25)21-7-6-16-22-15(11-27-16)20(3,4)5/h8-9,11H,6-7,10H2,1-5H3,(H,21,25)(H,23,24). The van der Waals surface area contributed by atoms with E-state index in [9.17, 15) is 9.59 Å². The van der Waals surface area contributed by atoms with E-state index in [1.165, 1.54) is 0 Å². The summed E-state index contributed by atoms with van der Waals surface area (Å²) in [4.78, 5) is 27.7. The smallest absolute Gasteiger partial charge is 0.341 e. The van der Waals surface area contributed by atoms with E-state index in [0.717, 1.165) is 21.8 Å². The van der Waals surface area contributed by atoms with Gasteiger partial charge in [0.15, 0.2) is 6.61 Å². The average Bonchev–Trinajstić information content (AvgIpc) is 3.02. The predicted octanol–water partition coefficient (Wildman–Crippen LogP) is 3.49. The normalized spacial score (nSPS) is 11.3. The molecule has 0 unspecified atom stereocenters. The van der Waals surface area contributed by atoms with E-state index in [2.05, 4.69) is 36.5 Å². The Kier molecular flexibility index (Phi) is 6.59. The molecule has 0 spiro atoms. The molecule has 2 aromatic rings. The van der Waals surface area contributed by atoms with Crippen molar-refractivity contribution in [2.45, 2.75) is 46.5 Å². The second kappa shape index (κ2) is 8.52. The summed E-state index contributed by atoms with van der Waals surface area (Å²) in [7, 11) is 0. The number of aryl methyl sites for hydroxylation is 2. The van der Waals surface area contributed by atoms with Crippen LogP contribution in [0.25, 0.3) is 0 Å². The number of carboxylic acid groups (broad SMARTS) is 1. The Morgan fingerprint density at radius 2 is 1.85 bits per heavy atom. The number of ether oxygens (including phenoxy) is 1. The molecule has 6 nitrogen and oxygen atoms in total. The van der Waals surface area contributed by atoms with Gasteiger partial charge in [0.25, 0.3) is 5.91 Å². The Balaban J connectivity index is 1.96. The highest BCUT2D eigenvalue weighted by Crippen LogP contribution is 2.25. The molecule has 0 radical (unpaired) electrons. The van der Waals surface area contributed by atoms with Gasteiger partial charge in [-0.05, 0) is 37.1 Å². The zero-order valence-corrected chi connectivity index (χ0v) is 17.2. The summed E-state index contributed by atoms with van der Waals surface area (Å²) in [6, 6.07) is 3.42. The molecule has 0 aliphatic carbocycles. The molecule has 146 valence electrons. The summed E-state index contributed by atoms with van der Waals surface area (Å²) in [6.45, 7) is 10.1. The van der Waals surface area contributed by atoms with Gasteiger partial charge < -0.3 is 15.2 Å². The molecular weight excluding hydrogens is 364 g/mol. The number of aliphatic carboxylic acids is 1. The molecule has 0 aliphatic rings. The highest BCUT2D eigenvalue weighted by molar-refractivity contribution is 7.09. The minimum atomic E-state index is -1.03. The largest absolute Gasteiger partial charge is 0.481 e. The van der Waals surface area contributed by atoms with Gasteiger partial charge in [-0.25, -0.2) is 9.78 Å². The van der Waals surface area contributed by atoms with Gasteiger partial charge in [-0.15, -0.1) is 11.3 Å². The van der Waals surface area contributed by atoms with Crippen molar-refractivity contribution in [3.05, 3.63) is 44.9 Å². The molecule has 2 N–H and O–H groups in total. The average molecular weight is 391 g/mol. The van der Waals surface area contributed by atoms with E-state index in [-0.39, 0.29) is 11.3 Å². The number of carbonyl (C=O) groups is 2. The highest BCUT2D eigenvalue weighted by Gasteiger charge is 2.17. The van der Waals surface area contributed by atoms with Crippen LogP contribution in [0.4, 0.5) is 0 Å². The van der Waals surface area contributed by atoms with Gasteiger partial charge in [0.2, 0.25) is 0 Å². The predicted molar refractivity (Wildman–Crippen MR) is 106 cm³/mol. The van der Waals surface area contributed by atoms with Crippen LogP contribution >= 0.6 is 11.3 Å². The zero-order valence-electron chi connectivity index (χ0n) is 16.4. The number of nitrogens with one attached hydrogen (secondary N) is 1. The van der Waals surface area contributed by atoms with Crippen LogP contribution in [0.2, 0.25) is 0 Å². The van der Waals surface area contributed by atoms with Crippen molar-refractivity contribution >= 4 is 23.2 Å². The SMILES string of the molecule is Cc1cc(C(=O)NCCc2nc(C(C)(C)C)cs2)cc(C)c1OCC(=O)O. The number of carboxylic acids is 1. The Morgan fingerprint density at radius 3 is 2.37 bits per heavy atom. The molecule has 0 saturated carbocycles. The van der Waals surface area contributed by atoms with E-state index >= 15 is 0 Å². The van der Waals surface area contributed by atoms with Crippen LogP contribution < -0.4 is 10.1 Å².